The Bertz CT molecular complexity index is 680. The molecule has 1 aromatic carbocycles. The average Bonchev–Trinajstić information content (AvgIpc) is 2.91. The normalized spacial score (nSPS) is 10.6. The minimum atomic E-state index is -0.203. The lowest BCUT2D eigenvalue weighted by Crippen LogP contribution is -2.20. The van der Waals surface area contributed by atoms with Crippen LogP contribution in [0.25, 0.3) is 0 Å². The molecule has 0 saturated heterocycles. The third-order valence-corrected chi connectivity index (χ3v) is 3.50. The summed E-state index contributed by atoms with van der Waals surface area (Å²) >= 11 is 1.52. The third-order valence-electron chi connectivity index (χ3n) is 2.68. The number of hydrazone groups is 1. The van der Waals surface area contributed by atoms with Gasteiger partial charge in [-0.05, 0) is 19.1 Å². The molecule has 0 aliphatic heterocycles. The molecular weight excluding hydrogens is 298 g/mol. The number of rotatable bonds is 7. The molecule has 1 aromatic heterocycles. The molecule has 0 atom stereocenters. The Balaban J connectivity index is 1.91. The largest absolute Gasteiger partial charge is 0.489 e. The first kappa shape index (κ1) is 15.9. The number of amides is 1. The van der Waals surface area contributed by atoms with Crippen molar-refractivity contribution in [1.82, 2.24) is 10.4 Å². The van der Waals surface area contributed by atoms with Crippen molar-refractivity contribution in [3.8, 4) is 5.75 Å². The summed E-state index contributed by atoms with van der Waals surface area (Å²) in [5.74, 6) is 0.488. The van der Waals surface area contributed by atoms with E-state index in [2.05, 4.69) is 22.1 Å². The third kappa shape index (κ3) is 4.82. The number of thiazole rings is 1. The van der Waals surface area contributed by atoms with Crippen molar-refractivity contribution >= 4 is 23.5 Å². The molecule has 0 fully saturated rings. The van der Waals surface area contributed by atoms with Crippen molar-refractivity contribution in [3.05, 3.63) is 58.6 Å². The van der Waals surface area contributed by atoms with Gasteiger partial charge >= 0.3 is 0 Å². The van der Waals surface area contributed by atoms with E-state index in [-0.39, 0.29) is 12.3 Å². The van der Waals surface area contributed by atoms with Crippen LogP contribution in [-0.4, -0.2) is 23.7 Å². The second kappa shape index (κ2) is 8.09. The van der Waals surface area contributed by atoms with E-state index in [0.717, 1.165) is 16.3 Å². The molecule has 1 amide bonds. The van der Waals surface area contributed by atoms with E-state index < -0.39 is 0 Å². The Morgan fingerprint density at radius 1 is 1.50 bits per heavy atom. The molecule has 1 N–H and O–H groups in total. The fraction of sp³-hybridized carbons (Fsp3) is 0.188. The first-order valence-electron chi connectivity index (χ1n) is 6.74. The van der Waals surface area contributed by atoms with E-state index in [1.807, 2.05) is 36.6 Å². The number of ether oxygens (including phenoxy) is 1. The van der Waals surface area contributed by atoms with Crippen LogP contribution in [0.4, 0.5) is 0 Å². The second-order valence-electron chi connectivity index (χ2n) is 4.47. The number of para-hydroxylation sites is 1. The number of hydrogen-bond acceptors (Lipinski definition) is 5. The number of aromatic nitrogens is 1. The Morgan fingerprint density at radius 2 is 2.32 bits per heavy atom. The molecule has 0 spiro atoms. The highest BCUT2D eigenvalue weighted by Crippen LogP contribution is 2.15. The lowest BCUT2D eigenvalue weighted by atomic mass is 10.2. The van der Waals surface area contributed by atoms with E-state index in [0.29, 0.717) is 12.4 Å². The summed E-state index contributed by atoms with van der Waals surface area (Å²) in [6.07, 6.45) is 3.45. The maximum absolute atomic E-state index is 11.8. The first-order valence-corrected chi connectivity index (χ1v) is 7.62. The van der Waals surface area contributed by atoms with Gasteiger partial charge in [-0.2, -0.15) is 5.10 Å². The molecule has 2 rings (SSSR count). The topological polar surface area (TPSA) is 63.6 Å². The Kier molecular flexibility index (Phi) is 5.85. The highest BCUT2D eigenvalue weighted by Gasteiger charge is 2.05. The average molecular weight is 315 g/mol. The van der Waals surface area contributed by atoms with Gasteiger partial charge in [0.05, 0.1) is 23.3 Å². The molecular formula is C16H17N3O2S. The number of carbonyl (C=O) groups excluding carboxylic acids is 1. The van der Waals surface area contributed by atoms with Gasteiger partial charge in [-0.15, -0.1) is 11.3 Å². The molecule has 1 heterocycles. The molecule has 0 aliphatic carbocycles. The van der Waals surface area contributed by atoms with Crippen molar-refractivity contribution in [3.63, 3.8) is 0 Å². The number of hydrogen-bond donors (Lipinski definition) is 1. The number of carbonyl (C=O) groups is 1. The minimum absolute atomic E-state index is 0.203. The maximum Gasteiger partial charge on any atom is 0.246 e. The fourth-order valence-electron chi connectivity index (χ4n) is 1.73. The second-order valence-corrected chi connectivity index (χ2v) is 5.53. The van der Waals surface area contributed by atoms with Crippen LogP contribution >= 0.6 is 11.3 Å². The van der Waals surface area contributed by atoms with Crippen molar-refractivity contribution < 1.29 is 9.53 Å². The smallest absolute Gasteiger partial charge is 0.246 e. The summed E-state index contributed by atoms with van der Waals surface area (Å²) in [5.41, 5.74) is 4.03. The van der Waals surface area contributed by atoms with E-state index >= 15 is 0 Å². The Hall–Kier alpha value is -2.47. The molecule has 114 valence electrons. The van der Waals surface area contributed by atoms with Crippen molar-refractivity contribution in [1.29, 1.82) is 0 Å². The van der Waals surface area contributed by atoms with Crippen LogP contribution in [-0.2, 0) is 11.2 Å². The number of benzene rings is 1. The van der Waals surface area contributed by atoms with Gasteiger partial charge in [0.25, 0.3) is 0 Å². The molecule has 0 aliphatic rings. The molecule has 0 unspecified atom stereocenters. The number of nitrogens with zero attached hydrogens (tertiary/aromatic N) is 2. The predicted molar refractivity (Wildman–Crippen MR) is 88.4 cm³/mol. The summed E-state index contributed by atoms with van der Waals surface area (Å²) < 4.78 is 5.51. The monoisotopic (exact) mass is 315 g/mol. The van der Waals surface area contributed by atoms with E-state index in [9.17, 15) is 4.79 Å². The van der Waals surface area contributed by atoms with E-state index in [1.165, 1.54) is 11.3 Å². The molecule has 22 heavy (non-hydrogen) atoms. The predicted octanol–water partition coefficient (Wildman–Crippen LogP) is 2.71. The van der Waals surface area contributed by atoms with Crippen molar-refractivity contribution in [2.45, 2.75) is 13.3 Å². The summed E-state index contributed by atoms with van der Waals surface area (Å²) in [6, 6.07) is 7.45. The van der Waals surface area contributed by atoms with Crippen LogP contribution in [0.5, 0.6) is 5.75 Å². The SMILES string of the molecule is C=CCOc1ccccc1/C=N\NC(=O)Cc1csc(C)n1. The zero-order valence-electron chi connectivity index (χ0n) is 12.3. The van der Waals surface area contributed by atoms with Gasteiger partial charge in [0.15, 0.2) is 0 Å². The standard InChI is InChI=1S/C16H17N3O2S/c1-3-8-21-15-7-5-4-6-13(15)10-17-19-16(20)9-14-11-22-12(2)18-14/h3-7,10-11H,1,8-9H2,2H3,(H,19,20)/b17-10-. The van der Waals surface area contributed by atoms with Gasteiger partial charge in [0, 0.05) is 10.9 Å². The molecule has 0 saturated carbocycles. The zero-order valence-corrected chi connectivity index (χ0v) is 13.1. The summed E-state index contributed by atoms with van der Waals surface area (Å²) in [5, 5.41) is 6.77. The lowest BCUT2D eigenvalue weighted by Gasteiger charge is -2.06. The summed E-state index contributed by atoms with van der Waals surface area (Å²) in [7, 11) is 0. The minimum Gasteiger partial charge on any atom is -0.489 e. The fourth-order valence-corrected chi connectivity index (χ4v) is 2.35. The Labute approximate surface area is 133 Å². The molecule has 5 nitrogen and oxygen atoms in total. The quantitative estimate of drug-likeness (QED) is 0.485. The van der Waals surface area contributed by atoms with Crippen molar-refractivity contribution in [2.75, 3.05) is 6.61 Å². The molecule has 6 heteroatoms. The van der Waals surface area contributed by atoms with Crippen LogP contribution in [0.1, 0.15) is 16.3 Å². The van der Waals surface area contributed by atoms with Gasteiger partial charge in [0.1, 0.15) is 12.4 Å². The van der Waals surface area contributed by atoms with Gasteiger partial charge in [-0.25, -0.2) is 10.4 Å². The van der Waals surface area contributed by atoms with Crippen LogP contribution < -0.4 is 10.2 Å². The van der Waals surface area contributed by atoms with Crippen LogP contribution in [0.15, 0.2) is 47.4 Å². The van der Waals surface area contributed by atoms with Gasteiger partial charge in [-0.1, -0.05) is 24.8 Å². The maximum atomic E-state index is 11.8. The molecule has 2 aromatic rings. The summed E-state index contributed by atoms with van der Waals surface area (Å²) in [4.78, 5) is 16.0. The van der Waals surface area contributed by atoms with Crippen molar-refractivity contribution in [2.24, 2.45) is 5.10 Å². The van der Waals surface area contributed by atoms with Crippen LogP contribution in [0, 0.1) is 6.92 Å². The molecule has 0 bridgehead atoms. The number of aryl methyl sites for hydroxylation is 1. The van der Waals surface area contributed by atoms with Gasteiger partial charge in [0.2, 0.25) is 5.91 Å². The highest BCUT2D eigenvalue weighted by atomic mass is 32.1. The lowest BCUT2D eigenvalue weighted by molar-refractivity contribution is -0.120. The first-order chi connectivity index (χ1) is 10.7. The van der Waals surface area contributed by atoms with Gasteiger partial charge < -0.3 is 4.74 Å². The molecule has 0 radical (unpaired) electrons. The zero-order chi connectivity index (χ0) is 15.8. The highest BCUT2D eigenvalue weighted by molar-refractivity contribution is 7.09. The summed E-state index contributed by atoms with van der Waals surface area (Å²) in [6.45, 7) is 5.94. The van der Waals surface area contributed by atoms with Crippen LogP contribution in [0.3, 0.4) is 0 Å². The Morgan fingerprint density at radius 3 is 3.05 bits per heavy atom. The van der Waals surface area contributed by atoms with Crippen LogP contribution in [0.2, 0.25) is 0 Å². The van der Waals surface area contributed by atoms with E-state index in [4.69, 9.17) is 4.74 Å². The number of nitrogens with one attached hydrogen (secondary N) is 1. The van der Waals surface area contributed by atoms with E-state index in [1.54, 1.807) is 12.3 Å². The van der Waals surface area contributed by atoms with Gasteiger partial charge in [-0.3, -0.25) is 4.79 Å².